The lowest BCUT2D eigenvalue weighted by Gasteiger charge is -2.15. The molecule has 4 heteroatoms. The Kier molecular flexibility index (Phi) is 8.83. The van der Waals surface area contributed by atoms with Crippen LogP contribution in [0.5, 0.6) is 5.75 Å². The van der Waals surface area contributed by atoms with Crippen LogP contribution in [-0.4, -0.2) is 6.10 Å². The van der Waals surface area contributed by atoms with E-state index in [0.717, 1.165) is 16.9 Å². The minimum absolute atomic E-state index is 0.0206. The summed E-state index contributed by atoms with van der Waals surface area (Å²) in [6, 6.07) is 14.6. The monoisotopic (exact) mass is 335 g/mol. The topological polar surface area (TPSA) is 21.3 Å². The Labute approximate surface area is 141 Å². The summed E-state index contributed by atoms with van der Waals surface area (Å²) in [4.78, 5) is 0. The lowest BCUT2D eigenvalue weighted by atomic mass is 10.2. The average molecular weight is 335 g/mol. The number of nitrogens with one attached hydrogen (secondary N) is 1. The van der Waals surface area contributed by atoms with Crippen molar-refractivity contribution >= 4 is 9.24 Å². The van der Waals surface area contributed by atoms with Crippen LogP contribution >= 0.6 is 9.24 Å². The van der Waals surface area contributed by atoms with E-state index < -0.39 is 0 Å². The average Bonchev–Trinajstić information content (AvgIpc) is 2.55. The van der Waals surface area contributed by atoms with Crippen molar-refractivity contribution in [3.8, 4) is 5.75 Å². The molecular weight excluding hydrogens is 308 g/mol. The molecule has 23 heavy (non-hydrogen) atoms. The van der Waals surface area contributed by atoms with Crippen LogP contribution in [0.3, 0.4) is 0 Å². The standard InChI is InChI=1S/C17H21FNOP.C2H6/c1-12(2)20-16-8-6-13(7-9-16)11-19-17(21)14-4-3-5-15(18)10-14;1-2/h3-10,12,17,19H,11,21H2,1-2H3;1-2H3. The Balaban J connectivity index is 0.00000127. The van der Waals surface area contributed by atoms with Gasteiger partial charge in [0.05, 0.1) is 6.10 Å². The minimum Gasteiger partial charge on any atom is -0.491 e. The Hall–Kier alpha value is -1.44. The number of hydrogen-bond acceptors (Lipinski definition) is 2. The summed E-state index contributed by atoms with van der Waals surface area (Å²) in [5.41, 5.74) is 2.08. The summed E-state index contributed by atoms with van der Waals surface area (Å²) in [5.74, 6) is 0.686. The van der Waals surface area contributed by atoms with E-state index in [1.807, 2.05) is 58.0 Å². The Morgan fingerprint density at radius 1 is 1.09 bits per heavy atom. The summed E-state index contributed by atoms with van der Waals surface area (Å²) in [6.07, 6.45) is 0.179. The molecular formula is C19H27FNOP. The van der Waals surface area contributed by atoms with E-state index in [1.165, 1.54) is 6.07 Å². The molecule has 0 aliphatic carbocycles. The Morgan fingerprint density at radius 2 is 1.74 bits per heavy atom. The van der Waals surface area contributed by atoms with Gasteiger partial charge in [0.25, 0.3) is 0 Å². The Morgan fingerprint density at radius 3 is 2.30 bits per heavy atom. The molecule has 2 unspecified atom stereocenters. The SMILES string of the molecule is CC.CC(C)Oc1ccc(CNC(P)c2cccc(F)c2)cc1. The van der Waals surface area contributed by atoms with Crippen molar-refractivity contribution in [3.63, 3.8) is 0 Å². The third-order valence-corrected chi connectivity index (χ3v) is 3.65. The zero-order chi connectivity index (χ0) is 17.2. The lowest BCUT2D eigenvalue weighted by molar-refractivity contribution is 0.242. The van der Waals surface area contributed by atoms with E-state index in [0.29, 0.717) is 6.54 Å². The van der Waals surface area contributed by atoms with E-state index in [9.17, 15) is 4.39 Å². The van der Waals surface area contributed by atoms with Gasteiger partial charge >= 0.3 is 0 Å². The first kappa shape index (κ1) is 19.6. The highest BCUT2D eigenvalue weighted by molar-refractivity contribution is 7.17. The lowest BCUT2D eigenvalue weighted by Crippen LogP contribution is -2.16. The van der Waals surface area contributed by atoms with Crippen LogP contribution in [0.4, 0.5) is 4.39 Å². The van der Waals surface area contributed by atoms with Crippen LogP contribution in [0.15, 0.2) is 48.5 Å². The molecule has 2 aromatic rings. The van der Waals surface area contributed by atoms with Crippen molar-refractivity contribution in [2.45, 2.75) is 46.1 Å². The number of halogens is 1. The van der Waals surface area contributed by atoms with Gasteiger partial charge < -0.3 is 10.1 Å². The largest absolute Gasteiger partial charge is 0.491 e. The highest BCUT2D eigenvalue weighted by Gasteiger charge is 2.06. The first-order valence-electron chi connectivity index (χ1n) is 8.04. The van der Waals surface area contributed by atoms with Crippen LogP contribution in [0, 0.1) is 5.82 Å². The normalized spacial score (nSPS) is 11.6. The highest BCUT2D eigenvalue weighted by Crippen LogP contribution is 2.21. The van der Waals surface area contributed by atoms with Crippen LogP contribution in [0.2, 0.25) is 0 Å². The van der Waals surface area contributed by atoms with E-state index in [4.69, 9.17) is 4.74 Å². The second-order valence-corrected chi connectivity index (χ2v) is 5.89. The molecule has 0 fully saturated rings. The first-order chi connectivity index (χ1) is 11.0. The third-order valence-electron chi connectivity index (χ3n) is 3.03. The molecule has 2 rings (SSSR count). The number of ether oxygens (including phenoxy) is 1. The van der Waals surface area contributed by atoms with Gasteiger partial charge in [0.15, 0.2) is 0 Å². The maximum Gasteiger partial charge on any atom is 0.123 e. The first-order valence-corrected chi connectivity index (χ1v) is 8.71. The predicted molar refractivity (Wildman–Crippen MR) is 99.2 cm³/mol. The second kappa shape index (κ2) is 10.4. The molecule has 0 saturated carbocycles. The van der Waals surface area contributed by atoms with Crippen molar-refractivity contribution in [1.82, 2.24) is 5.32 Å². The van der Waals surface area contributed by atoms with Gasteiger partial charge in [0, 0.05) is 12.3 Å². The van der Waals surface area contributed by atoms with Crippen molar-refractivity contribution < 1.29 is 9.13 Å². The van der Waals surface area contributed by atoms with Crippen LogP contribution in [-0.2, 0) is 6.54 Å². The summed E-state index contributed by atoms with van der Waals surface area (Å²) < 4.78 is 18.8. The fourth-order valence-electron chi connectivity index (χ4n) is 2.00. The van der Waals surface area contributed by atoms with Gasteiger partial charge in [-0.05, 0) is 49.2 Å². The Bertz CT molecular complexity index is 572. The molecule has 126 valence electrons. The van der Waals surface area contributed by atoms with Crippen LogP contribution in [0.1, 0.15) is 44.6 Å². The van der Waals surface area contributed by atoms with E-state index in [2.05, 4.69) is 14.6 Å². The fourth-order valence-corrected chi connectivity index (χ4v) is 2.33. The van der Waals surface area contributed by atoms with Gasteiger partial charge in [-0.3, -0.25) is 0 Å². The summed E-state index contributed by atoms with van der Waals surface area (Å²) in [7, 11) is 2.69. The van der Waals surface area contributed by atoms with E-state index in [-0.39, 0.29) is 17.7 Å². The number of benzene rings is 2. The maximum absolute atomic E-state index is 13.2. The molecule has 0 saturated heterocycles. The number of hydrogen-bond donors (Lipinski definition) is 1. The minimum atomic E-state index is -0.211. The van der Waals surface area contributed by atoms with Gasteiger partial charge in [-0.15, -0.1) is 9.24 Å². The quantitative estimate of drug-likeness (QED) is 0.723. The molecule has 1 N–H and O–H groups in total. The molecule has 2 nitrogen and oxygen atoms in total. The zero-order valence-corrected chi connectivity index (χ0v) is 15.5. The van der Waals surface area contributed by atoms with Gasteiger partial charge in [0.2, 0.25) is 0 Å². The molecule has 0 aliphatic rings. The van der Waals surface area contributed by atoms with Crippen LogP contribution in [0.25, 0.3) is 0 Å². The molecule has 2 atom stereocenters. The van der Waals surface area contributed by atoms with Gasteiger partial charge in [-0.25, -0.2) is 4.39 Å². The molecule has 2 aromatic carbocycles. The number of rotatable bonds is 6. The summed E-state index contributed by atoms with van der Waals surface area (Å²) in [5, 5.41) is 3.36. The molecule has 0 heterocycles. The molecule has 0 bridgehead atoms. The van der Waals surface area contributed by atoms with Crippen molar-refractivity contribution in [2.24, 2.45) is 0 Å². The van der Waals surface area contributed by atoms with Gasteiger partial charge in [-0.2, -0.15) is 0 Å². The maximum atomic E-state index is 13.2. The fraction of sp³-hybridized carbons (Fsp3) is 0.368. The molecule has 0 aromatic heterocycles. The van der Waals surface area contributed by atoms with Crippen molar-refractivity contribution in [2.75, 3.05) is 0 Å². The van der Waals surface area contributed by atoms with Crippen molar-refractivity contribution in [1.29, 1.82) is 0 Å². The van der Waals surface area contributed by atoms with E-state index in [1.54, 1.807) is 12.1 Å². The third kappa shape index (κ3) is 7.11. The molecule has 0 radical (unpaired) electrons. The highest BCUT2D eigenvalue weighted by atomic mass is 31.0. The van der Waals surface area contributed by atoms with Crippen LogP contribution < -0.4 is 10.1 Å². The molecule has 0 aliphatic heterocycles. The summed E-state index contributed by atoms with van der Waals surface area (Å²) >= 11 is 0. The smallest absolute Gasteiger partial charge is 0.123 e. The molecule has 0 spiro atoms. The van der Waals surface area contributed by atoms with Gasteiger partial charge in [0.1, 0.15) is 11.6 Å². The molecule has 0 amide bonds. The predicted octanol–water partition coefficient (Wildman–Crippen LogP) is 5.30. The van der Waals surface area contributed by atoms with E-state index >= 15 is 0 Å². The second-order valence-electron chi connectivity index (χ2n) is 5.22. The van der Waals surface area contributed by atoms with Gasteiger partial charge in [-0.1, -0.05) is 38.1 Å². The van der Waals surface area contributed by atoms with Crippen molar-refractivity contribution in [3.05, 3.63) is 65.5 Å². The summed E-state index contributed by atoms with van der Waals surface area (Å²) in [6.45, 7) is 8.73. The zero-order valence-electron chi connectivity index (χ0n) is 14.3.